The van der Waals surface area contributed by atoms with E-state index in [1.165, 1.54) is 0 Å². The summed E-state index contributed by atoms with van der Waals surface area (Å²) < 4.78 is 40.5. The molecule has 0 atom stereocenters. The van der Waals surface area contributed by atoms with Crippen LogP contribution in [0.15, 0.2) is 182 Å². The zero-order chi connectivity index (χ0) is 75.0. The van der Waals surface area contributed by atoms with Gasteiger partial charge in [0.05, 0.1) is 52.7 Å². The Labute approximate surface area is 646 Å². The molecule has 546 valence electrons. The van der Waals surface area contributed by atoms with Crippen LogP contribution in [0.1, 0.15) is 139 Å². The monoisotopic (exact) mass is 1460 g/mol. The standard InChI is InChI=1S/C93H78N12O6/c94-31-7-37-100-49-61-43-67(19-25-79(61)106-55-100)91(68-20-26-80-62(44-68)50-101(56-107-80)38-8-32-95)76-16-4-1-13-73(76)85-88(91)86-75-15-3-6-18-78(75)93(71-23-29-83-65(47-71)53-104(59-110-83)41-11-35-98,72-24-30-84-66(48-72)54-105(60-111-84)42-12-36-99)90(86)87-74-14-2-5-17-77(74)92(89(85)87,69-21-27-81-63(45-69)51-102(57-108-81)39-9-33-96)70-22-28-82-64(46-70)52-103(58-109-82)40-10-34-97/h1-6,13-30,43-48H,7-12,37-42,49-60H2. The molecule has 0 bridgehead atoms. The van der Waals surface area contributed by atoms with Crippen molar-refractivity contribution >= 4 is 0 Å². The quantitative estimate of drug-likeness (QED) is 0.0780. The van der Waals surface area contributed by atoms with E-state index in [0.717, 1.165) is 168 Å². The molecular formula is C93H78N12O6. The van der Waals surface area contributed by atoms with Gasteiger partial charge in [0, 0.05) is 150 Å². The van der Waals surface area contributed by atoms with E-state index in [1.807, 2.05) is 0 Å². The van der Waals surface area contributed by atoms with Crippen molar-refractivity contribution in [3.05, 3.63) is 282 Å². The molecule has 0 amide bonds. The van der Waals surface area contributed by atoms with Gasteiger partial charge in [-0.3, -0.25) is 29.4 Å². The van der Waals surface area contributed by atoms with Gasteiger partial charge < -0.3 is 28.4 Å². The molecule has 10 aromatic rings. The zero-order valence-corrected chi connectivity index (χ0v) is 61.6. The lowest BCUT2D eigenvalue weighted by Crippen LogP contribution is -2.36. The SMILES string of the molecule is N#CCCN1COc2ccc(C3(c4ccc5c(c4)CN(CCC#N)CO5)c4ccccc4-c4c3c3c(c5c4C(c4ccc6c(c4)CN(CCC#N)CO6)(c4ccc6c(c4)CN(CCC#N)CO6)c4ccccc4-5)C(c4ccc5c(c4)CN(CCC#N)CO5)(c4ccc5c(c4)CN(CCC#N)CO5)c4ccccc4-3)cc2C1. The van der Waals surface area contributed by atoms with E-state index < -0.39 is 16.2 Å². The average Bonchev–Trinajstić information content (AvgIpc) is 1.46. The maximum atomic E-state index is 10.1. The molecule has 0 aromatic heterocycles. The van der Waals surface area contributed by atoms with Gasteiger partial charge in [-0.1, -0.05) is 109 Å². The molecule has 0 fully saturated rings. The van der Waals surface area contributed by atoms with Crippen LogP contribution in [0, 0.1) is 68.0 Å². The summed E-state index contributed by atoms with van der Waals surface area (Å²) in [5, 5.41) is 60.3. The van der Waals surface area contributed by atoms with E-state index in [4.69, 9.17) is 28.4 Å². The third-order valence-electron chi connectivity index (χ3n) is 24.4. The fourth-order valence-electron chi connectivity index (χ4n) is 19.7. The molecule has 0 N–H and O–H groups in total. The fourth-order valence-corrected chi connectivity index (χ4v) is 19.7. The number of nitriles is 6. The second-order valence-electron chi connectivity index (χ2n) is 30.5. The van der Waals surface area contributed by atoms with Gasteiger partial charge in [-0.15, -0.1) is 0 Å². The highest BCUT2D eigenvalue weighted by atomic mass is 16.5. The van der Waals surface area contributed by atoms with E-state index >= 15 is 0 Å². The number of nitrogens with zero attached hydrogens (tertiary/aromatic N) is 12. The molecular weight excluding hydrogens is 1380 g/mol. The van der Waals surface area contributed by atoms with Crippen molar-refractivity contribution in [2.45, 2.75) is 94.0 Å². The topological polar surface area (TPSA) is 218 Å². The van der Waals surface area contributed by atoms with Crippen LogP contribution in [-0.2, 0) is 55.5 Å². The zero-order valence-electron chi connectivity index (χ0n) is 61.6. The van der Waals surface area contributed by atoms with E-state index in [0.29, 0.717) is 157 Å². The first-order valence-corrected chi connectivity index (χ1v) is 38.4. The first-order valence-electron chi connectivity index (χ1n) is 38.4. The molecule has 0 radical (unpaired) electrons. The number of hydrogen-bond donors (Lipinski definition) is 0. The normalized spacial score (nSPS) is 17.6. The van der Waals surface area contributed by atoms with Gasteiger partial charge in [0.1, 0.15) is 74.9 Å². The summed E-state index contributed by atoms with van der Waals surface area (Å²) in [6.45, 7) is 8.55. The Hall–Kier alpha value is -12.3. The lowest BCUT2D eigenvalue weighted by atomic mass is 9.60. The van der Waals surface area contributed by atoms with Gasteiger partial charge >= 0.3 is 0 Å². The summed E-state index contributed by atoms with van der Waals surface area (Å²) in [6, 6.07) is 82.8. The van der Waals surface area contributed by atoms with Crippen LogP contribution < -0.4 is 28.4 Å². The lowest BCUT2D eigenvalue weighted by Gasteiger charge is -2.41. The van der Waals surface area contributed by atoms with Gasteiger partial charge in [-0.2, -0.15) is 31.6 Å². The van der Waals surface area contributed by atoms with Crippen LogP contribution in [-0.4, -0.2) is 109 Å². The highest BCUT2D eigenvalue weighted by molar-refractivity contribution is 6.09. The molecule has 10 aromatic carbocycles. The van der Waals surface area contributed by atoms with Crippen molar-refractivity contribution in [2.24, 2.45) is 0 Å². The first-order chi connectivity index (χ1) is 54.7. The number of fused-ring (bicyclic) bond motifs is 18. The smallest absolute Gasteiger partial charge is 0.142 e. The molecule has 6 heterocycles. The summed E-state index contributed by atoms with van der Waals surface area (Å²) in [7, 11) is 0. The summed E-state index contributed by atoms with van der Waals surface area (Å²) in [5.74, 6) is 4.72. The minimum Gasteiger partial charge on any atom is -0.478 e. The minimum absolute atomic E-state index is 0.342. The van der Waals surface area contributed by atoms with Gasteiger partial charge in [0.25, 0.3) is 0 Å². The molecule has 0 saturated carbocycles. The molecule has 111 heavy (non-hydrogen) atoms. The highest BCUT2D eigenvalue weighted by Gasteiger charge is 2.62. The van der Waals surface area contributed by atoms with Crippen molar-refractivity contribution in [1.82, 2.24) is 29.4 Å². The lowest BCUT2D eigenvalue weighted by molar-refractivity contribution is 0.0973. The Morgan fingerprint density at radius 2 is 0.441 bits per heavy atom. The number of hydrogen-bond acceptors (Lipinski definition) is 18. The Morgan fingerprint density at radius 3 is 0.631 bits per heavy atom. The van der Waals surface area contributed by atoms with Crippen LogP contribution in [0.25, 0.3) is 33.4 Å². The predicted octanol–water partition coefficient (Wildman–Crippen LogP) is 15.2. The predicted molar refractivity (Wildman–Crippen MR) is 415 cm³/mol. The van der Waals surface area contributed by atoms with E-state index in [9.17, 15) is 31.6 Å². The minimum atomic E-state index is -1.19. The molecule has 18 nitrogen and oxygen atoms in total. The molecule has 19 rings (SSSR count). The first kappa shape index (κ1) is 69.2. The van der Waals surface area contributed by atoms with Crippen LogP contribution in [0.2, 0.25) is 0 Å². The van der Waals surface area contributed by atoms with Gasteiger partial charge in [0.15, 0.2) is 0 Å². The maximum Gasteiger partial charge on any atom is 0.142 e. The molecule has 9 aliphatic rings. The number of ether oxygens (including phenoxy) is 6. The number of rotatable bonds is 18. The van der Waals surface area contributed by atoms with Crippen molar-refractivity contribution in [2.75, 3.05) is 79.7 Å². The Morgan fingerprint density at radius 1 is 0.252 bits per heavy atom. The largest absolute Gasteiger partial charge is 0.478 e. The molecule has 0 saturated heterocycles. The van der Waals surface area contributed by atoms with Crippen molar-refractivity contribution in [3.8, 4) is 104 Å². The molecule has 0 spiro atoms. The third-order valence-corrected chi connectivity index (χ3v) is 24.4. The molecule has 18 heteroatoms. The van der Waals surface area contributed by atoms with Crippen LogP contribution >= 0.6 is 0 Å². The molecule has 3 aliphatic carbocycles. The molecule has 6 aliphatic heterocycles. The van der Waals surface area contributed by atoms with E-state index in [-0.39, 0.29) is 0 Å². The summed E-state index contributed by atoms with van der Waals surface area (Å²) >= 11 is 0. The second-order valence-corrected chi connectivity index (χ2v) is 30.5. The van der Waals surface area contributed by atoms with Crippen LogP contribution in [0.4, 0.5) is 0 Å². The fraction of sp³-hybridized carbons (Fsp3) is 0.290. The van der Waals surface area contributed by atoms with Crippen molar-refractivity contribution in [1.29, 1.82) is 31.6 Å². The summed E-state index contributed by atoms with van der Waals surface area (Å²) in [4.78, 5) is 13.3. The maximum absolute atomic E-state index is 10.1. The van der Waals surface area contributed by atoms with E-state index in [2.05, 4.69) is 248 Å². The van der Waals surface area contributed by atoms with Crippen LogP contribution in [0.3, 0.4) is 0 Å². The average molecular weight is 1460 g/mol. The van der Waals surface area contributed by atoms with E-state index in [1.54, 1.807) is 0 Å². The van der Waals surface area contributed by atoms with Gasteiger partial charge in [-0.25, -0.2) is 0 Å². The Kier molecular flexibility index (Phi) is 17.6. The van der Waals surface area contributed by atoms with Gasteiger partial charge in [-0.05, 0) is 173 Å². The second kappa shape index (κ2) is 28.3. The van der Waals surface area contributed by atoms with Crippen molar-refractivity contribution in [3.63, 3.8) is 0 Å². The summed E-state index contributed by atoms with van der Waals surface area (Å²) in [6.07, 6.45) is 2.05. The molecule has 0 unspecified atom stereocenters. The number of benzene rings is 10. The highest BCUT2D eigenvalue weighted by Crippen LogP contribution is 2.73. The Balaban J connectivity index is 1.02. The van der Waals surface area contributed by atoms with Crippen molar-refractivity contribution < 1.29 is 28.4 Å². The third kappa shape index (κ3) is 11.0. The van der Waals surface area contributed by atoms with Gasteiger partial charge in [0.2, 0.25) is 0 Å². The summed E-state index contributed by atoms with van der Waals surface area (Å²) in [5.41, 5.74) is 21.6. The Bertz CT molecular complexity index is 4940. The van der Waals surface area contributed by atoms with Crippen LogP contribution in [0.5, 0.6) is 34.5 Å².